The molecule has 0 radical (unpaired) electrons. The summed E-state index contributed by atoms with van der Waals surface area (Å²) in [6.07, 6.45) is -2.31. The van der Waals surface area contributed by atoms with Gasteiger partial charge in [0, 0.05) is 18.7 Å². The molecule has 1 aromatic carbocycles. The molecule has 1 N–H and O–H groups in total. The van der Waals surface area contributed by atoms with Crippen LogP contribution in [0.4, 0.5) is 13.2 Å². The Morgan fingerprint density at radius 1 is 1.19 bits per heavy atom. The van der Waals surface area contributed by atoms with E-state index in [1.54, 1.807) is 4.90 Å². The normalized spacial score (nSPS) is 17.5. The van der Waals surface area contributed by atoms with Crippen molar-refractivity contribution in [1.29, 1.82) is 0 Å². The Labute approximate surface area is 149 Å². The fraction of sp³-hybridized carbons (Fsp3) is 0.368. The van der Waals surface area contributed by atoms with Crippen LogP contribution in [0, 0.1) is 0 Å². The molecule has 7 heteroatoms. The van der Waals surface area contributed by atoms with Crippen molar-refractivity contribution in [2.24, 2.45) is 0 Å². The summed E-state index contributed by atoms with van der Waals surface area (Å²) in [7, 11) is 0. The van der Waals surface area contributed by atoms with Gasteiger partial charge in [-0.2, -0.15) is 13.2 Å². The number of alkyl halides is 3. The number of benzene rings is 1. The SMILES string of the molecule is O=C(CO)N1CCC[C@@H]1c1cccc(Cc2ccc(C(F)(F)F)cc2)n1. The van der Waals surface area contributed by atoms with E-state index in [4.69, 9.17) is 5.11 Å². The number of likely N-dealkylation sites (tertiary alicyclic amines) is 1. The minimum atomic E-state index is -4.35. The molecular weight excluding hydrogens is 345 g/mol. The van der Waals surface area contributed by atoms with Gasteiger partial charge in [0.05, 0.1) is 17.3 Å². The highest BCUT2D eigenvalue weighted by Gasteiger charge is 2.31. The number of halogens is 3. The molecule has 2 aromatic rings. The van der Waals surface area contributed by atoms with Crippen LogP contribution in [0.3, 0.4) is 0 Å². The standard InChI is InChI=1S/C19H19F3N2O2/c20-19(21,22)14-8-6-13(7-9-14)11-15-3-1-4-16(23-15)17-5-2-10-24(17)18(26)12-25/h1,3-4,6-9,17,25H,2,5,10-12H2/t17-/m1/s1. The van der Waals surface area contributed by atoms with Gasteiger partial charge in [-0.25, -0.2) is 0 Å². The molecule has 0 aliphatic carbocycles. The van der Waals surface area contributed by atoms with E-state index in [0.29, 0.717) is 13.0 Å². The second kappa shape index (κ2) is 7.45. The van der Waals surface area contributed by atoms with Gasteiger partial charge in [-0.3, -0.25) is 9.78 Å². The van der Waals surface area contributed by atoms with Crippen LogP contribution in [0.2, 0.25) is 0 Å². The predicted octanol–water partition coefficient (Wildman–Crippen LogP) is 3.35. The lowest BCUT2D eigenvalue weighted by atomic mass is 10.1. The molecule has 26 heavy (non-hydrogen) atoms. The minimum Gasteiger partial charge on any atom is -0.387 e. The molecule has 138 valence electrons. The first-order chi connectivity index (χ1) is 12.4. The molecule has 0 unspecified atom stereocenters. The largest absolute Gasteiger partial charge is 0.416 e. The van der Waals surface area contributed by atoms with E-state index in [2.05, 4.69) is 4.98 Å². The lowest BCUT2D eigenvalue weighted by Crippen LogP contribution is -2.33. The maximum Gasteiger partial charge on any atom is 0.416 e. The molecule has 0 saturated carbocycles. The summed E-state index contributed by atoms with van der Waals surface area (Å²) in [6.45, 7) is 0.0661. The van der Waals surface area contributed by atoms with Crippen molar-refractivity contribution in [2.45, 2.75) is 31.5 Å². The van der Waals surface area contributed by atoms with E-state index in [1.807, 2.05) is 18.2 Å². The molecular formula is C19H19F3N2O2. The first kappa shape index (κ1) is 18.4. The van der Waals surface area contributed by atoms with Gasteiger partial charge in [-0.15, -0.1) is 0 Å². The quantitative estimate of drug-likeness (QED) is 0.905. The highest BCUT2D eigenvalue weighted by molar-refractivity contribution is 5.77. The van der Waals surface area contributed by atoms with E-state index >= 15 is 0 Å². The first-order valence-electron chi connectivity index (χ1n) is 8.41. The Bertz CT molecular complexity index is 775. The van der Waals surface area contributed by atoms with Crippen molar-refractivity contribution in [1.82, 2.24) is 9.88 Å². The predicted molar refractivity (Wildman–Crippen MR) is 89.3 cm³/mol. The summed E-state index contributed by atoms with van der Waals surface area (Å²) in [5.74, 6) is -0.317. The molecule has 3 rings (SSSR count). The number of pyridine rings is 1. The van der Waals surface area contributed by atoms with E-state index in [1.165, 1.54) is 12.1 Å². The number of nitrogens with zero attached hydrogens (tertiary/aromatic N) is 2. The zero-order valence-electron chi connectivity index (χ0n) is 14.0. The summed E-state index contributed by atoms with van der Waals surface area (Å²) >= 11 is 0. The summed E-state index contributed by atoms with van der Waals surface area (Å²) in [5.41, 5.74) is 1.53. The molecule has 1 atom stereocenters. The van der Waals surface area contributed by atoms with Gasteiger partial charge in [0.1, 0.15) is 6.61 Å². The Morgan fingerprint density at radius 3 is 2.58 bits per heavy atom. The molecule has 1 aromatic heterocycles. The summed E-state index contributed by atoms with van der Waals surface area (Å²) in [4.78, 5) is 18.1. The fourth-order valence-corrected chi connectivity index (χ4v) is 3.27. The molecule has 0 bridgehead atoms. The van der Waals surface area contributed by atoms with E-state index in [9.17, 15) is 18.0 Å². The van der Waals surface area contributed by atoms with Crippen LogP contribution in [0.15, 0.2) is 42.5 Å². The Morgan fingerprint density at radius 2 is 1.92 bits per heavy atom. The molecule has 0 spiro atoms. The molecule has 2 heterocycles. The highest BCUT2D eigenvalue weighted by atomic mass is 19.4. The van der Waals surface area contributed by atoms with Crippen LogP contribution >= 0.6 is 0 Å². The average molecular weight is 364 g/mol. The van der Waals surface area contributed by atoms with Crippen molar-refractivity contribution in [3.05, 3.63) is 65.0 Å². The van der Waals surface area contributed by atoms with Gasteiger partial charge in [0.25, 0.3) is 0 Å². The highest BCUT2D eigenvalue weighted by Crippen LogP contribution is 2.31. The number of aliphatic hydroxyl groups excluding tert-OH is 1. The van der Waals surface area contributed by atoms with E-state index < -0.39 is 18.3 Å². The minimum absolute atomic E-state index is 0.165. The second-order valence-corrected chi connectivity index (χ2v) is 6.33. The molecule has 1 amide bonds. The number of amides is 1. The van der Waals surface area contributed by atoms with Crippen molar-refractivity contribution < 1.29 is 23.1 Å². The zero-order valence-corrected chi connectivity index (χ0v) is 14.0. The number of hydrogen-bond acceptors (Lipinski definition) is 3. The van der Waals surface area contributed by atoms with Crippen molar-refractivity contribution >= 4 is 5.91 Å². The zero-order chi connectivity index (χ0) is 18.7. The Balaban J connectivity index is 1.76. The van der Waals surface area contributed by atoms with Gasteiger partial charge in [-0.05, 0) is 42.7 Å². The number of rotatable bonds is 4. The lowest BCUT2D eigenvalue weighted by Gasteiger charge is -2.23. The van der Waals surface area contributed by atoms with Crippen molar-refractivity contribution in [3.8, 4) is 0 Å². The van der Waals surface area contributed by atoms with Gasteiger partial charge >= 0.3 is 6.18 Å². The smallest absolute Gasteiger partial charge is 0.387 e. The van der Waals surface area contributed by atoms with Gasteiger partial charge < -0.3 is 10.0 Å². The average Bonchev–Trinajstić information content (AvgIpc) is 3.11. The second-order valence-electron chi connectivity index (χ2n) is 6.33. The van der Waals surface area contributed by atoms with Crippen molar-refractivity contribution in [3.63, 3.8) is 0 Å². The molecule has 4 nitrogen and oxygen atoms in total. The monoisotopic (exact) mass is 364 g/mol. The third-order valence-corrected chi connectivity index (χ3v) is 4.54. The van der Waals surface area contributed by atoms with Crippen LogP contribution in [0.1, 0.15) is 41.4 Å². The number of hydrogen-bond donors (Lipinski definition) is 1. The summed E-state index contributed by atoms with van der Waals surface area (Å²) in [6, 6.07) is 10.4. The molecule has 1 aliphatic rings. The molecule has 1 aliphatic heterocycles. The third-order valence-electron chi connectivity index (χ3n) is 4.54. The van der Waals surface area contributed by atoms with Gasteiger partial charge in [-0.1, -0.05) is 18.2 Å². The molecule has 1 fully saturated rings. The van der Waals surface area contributed by atoms with Gasteiger partial charge in [0.15, 0.2) is 0 Å². The third kappa shape index (κ3) is 4.04. The van der Waals surface area contributed by atoms with Crippen LogP contribution in [0.5, 0.6) is 0 Å². The number of aromatic nitrogens is 1. The van der Waals surface area contributed by atoms with Crippen LogP contribution in [-0.2, 0) is 17.4 Å². The topological polar surface area (TPSA) is 53.4 Å². The number of aliphatic hydroxyl groups is 1. The van der Waals surface area contributed by atoms with Crippen molar-refractivity contribution in [2.75, 3.05) is 13.2 Å². The van der Waals surface area contributed by atoms with E-state index in [0.717, 1.165) is 41.9 Å². The Kier molecular flexibility index (Phi) is 5.27. The van der Waals surface area contributed by atoms with E-state index in [-0.39, 0.29) is 11.9 Å². The van der Waals surface area contributed by atoms with Crippen LogP contribution < -0.4 is 0 Å². The molecule has 1 saturated heterocycles. The Hall–Kier alpha value is -2.41. The number of carbonyl (C=O) groups excluding carboxylic acids is 1. The van der Waals surface area contributed by atoms with Crippen LogP contribution in [0.25, 0.3) is 0 Å². The summed E-state index contributed by atoms with van der Waals surface area (Å²) < 4.78 is 37.9. The first-order valence-corrected chi connectivity index (χ1v) is 8.41. The fourth-order valence-electron chi connectivity index (χ4n) is 3.27. The number of carbonyl (C=O) groups is 1. The maximum atomic E-state index is 12.6. The summed E-state index contributed by atoms with van der Waals surface area (Å²) in [5, 5.41) is 9.10. The van der Waals surface area contributed by atoms with Crippen LogP contribution in [-0.4, -0.2) is 34.0 Å². The lowest BCUT2D eigenvalue weighted by molar-refractivity contribution is -0.137. The maximum absolute atomic E-state index is 12.6. The van der Waals surface area contributed by atoms with Gasteiger partial charge in [0.2, 0.25) is 5.91 Å².